The summed E-state index contributed by atoms with van der Waals surface area (Å²) in [6.45, 7) is 0. The molecule has 2 N–H and O–H groups in total. The Morgan fingerprint density at radius 3 is 2.59 bits per heavy atom. The van der Waals surface area contributed by atoms with Crippen LogP contribution in [0.3, 0.4) is 0 Å². The second-order valence-electron chi connectivity index (χ2n) is 8.00. The average Bonchev–Trinajstić information content (AvgIpc) is 3.56. The topological polar surface area (TPSA) is 103 Å². The molecule has 188 valence electrons. The van der Waals surface area contributed by atoms with Gasteiger partial charge in [0.25, 0.3) is 0 Å². The minimum absolute atomic E-state index is 0.129. The highest BCUT2D eigenvalue weighted by atomic mass is 32.2. The average molecular weight is 516 g/mol. The molecule has 3 aromatic carbocycles. The van der Waals surface area contributed by atoms with Gasteiger partial charge in [-0.15, -0.1) is 10.2 Å². The second-order valence-corrected chi connectivity index (χ2v) is 8.94. The molecule has 2 heterocycles. The predicted octanol–water partition coefficient (Wildman–Crippen LogP) is 5.17. The number of amides is 1. The maximum atomic E-state index is 12.8. The van der Waals surface area contributed by atoms with Crippen molar-refractivity contribution in [1.82, 2.24) is 19.7 Å². The molecule has 0 atom stereocenters. The molecular formula is C27H25N5O4S. The van der Waals surface area contributed by atoms with Crippen molar-refractivity contribution in [1.29, 1.82) is 0 Å². The van der Waals surface area contributed by atoms with Gasteiger partial charge in [-0.25, -0.2) is 0 Å². The Bertz CT molecular complexity index is 1560. The van der Waals surface area contributed by atoms with Gasteiger partial charge in [-0.2, -0.15) is 0 Å². The summed E-state index contributed by atoms with van der Waals surface area (Å²) in [5.74, 6) is 2.43. The fourth-order valence-corrected chi connectivity index (χ4v) is 4.77. The summed E-state index contributed by atoms with van der Waals surface area (Å²) in [5.41, 5.74) is 3.35. The molecule has 2 aromatic heterocycles. The van der Waals surface area contributed by atoms with Crippen LogP contribution in [-0.4, -0.2) is 52.7 Å². The standard InChI is InChI=1S/C27H25N5O4S/c1-34-19-8-6-7-18(14-19)32-26(21-15-28-22-10-5-4-9-20(21)22)30-31-27(32)37-16-25(33)29-17-11-12-23(35-2)24(13-17)36-3/h4-15,28H,16H2,1-3H3,(H,29,33). The number of carbonyl (C=O) groups excluding carboxylic acids is 1. The van der Waals surface area contributed by atoms with Crippen molar-refractivity contribution in [2.75, 3.05) is 32.4 Å². The van der Waals surface area contributed by atoms with Gasteiger partial charge in [-0.05, 0) is 30.3 Å². The molecule has 37 heavy (non-hydrogen) atoms. The number of nitrogens with zero attached hydrogens (tertiary/aromatic N) is 3. The van der Waals surface area contributed by atoms with Crippen molar-refractivity contribution >= 4 is 34.3 Å². The van der Waals surface area contributed by atoms with E-state index in [1.54, 1.807) is 39.5 Å². The fraction of sp³-hybridized carbons (Fsp3) is 0.148. The number of rotatable bonds is 9. The summed E-state index contributed by atoms with van der Waals surface area (Å²) >= 11 is 1.29. The highest BCUT2D eigenvalue weighted by molar-refractivity contribution is 7.99. The summed E-state index contributed by atoms with van der Waals surface area (Å²) in [6.07, 6.45) is 1.92. The number of hydrogen-bond acceptors (Lipinski definition) is 7. The number of aromatic nitrogens is 4. The Labute approximate surface area is 217 Å². The quantitative estimate of drug-likeness (QED) is 0.261. The number of H-pyrrole nitrogens is 1. The SMILES string of the molecule is COc1cccc(-n2c(SCC(=O)Nc3ccc(OC)c(OC)c3)nnc2-c2c[nH]c3ccccc23)c1. The minimum Gasteiger partial charge on any atom is -0.497 e. The van der Waals surface area contributed by atoms with Gasteiger partial charge in [0.1, 0.15) is 5.75 Å². The molecule has 0 bridgehead atoms. The van der Waals surface area contributed by atoms with E-state index in [1.165, 1.54) is 11.8 Å². The number of methoxy groups -OCH3 is 3. The zero-order chi connectivity index (χ0) is 25.8. The van der Waals surface area contributed by atoms with Crippen molar-refractivity contribution in [3.8, 4) is 34.3 Å². The molecule has 0 radical (unpaired) electrons. The lowest BCUT2D eigenvalue weighted by molar-refractivity contribution is -0.113. The van der Waals surface area contributed by atoms with E-state index in [4.69, 9.17) is 14.2 Å². The predicted molar refractivity (Wildman–Crippen MR) is 144 cm³/mol. The van der Waals surface area contributed by atoms with Crippen LogP contribution in [0.1, 0.15) is 0 Å². The first-order chi connectivity index (χ1) is 18.1. The molecule has 0 saturated heterocycles. The van der Waals surface area contributed by atoms with Crippen molar-refractivity contribution < 1.29 is 19.0 Å². The normalized spacial score (nSPS) is 10.9. The van der Waals surface area contributed by atoms with Crippen molar-refractivity contribution in [2.24, 2.45) is 0 Å². The molecule has 0 fully saturated rings. The third-order valence-electron chi connectivity index (χ3n) is 5.77. The Kier molecular flexibility index (Phi) is 7.00. The third-order valence-corrected chi connectivity index (χ3v) is 6.70. The molecular weight excluding hydrogens is 490 g/mol. The van der Waals surface area contributed by atoms with Crippen LogP contribution in [0.15, 0.2) is 78.1 Å². The number of para-hydroxylation sites is 1. The molecule has 0 unspecified atom stereocenters. The maximum Gasteiger partial charge on any atom is 0.234 e. The highest BCUT2D eigenvalue weighted by Crippen LogP contribution is 2.34. The molecule has 0 aliphatic carbocycles. The molecule has 5 rings (SSSR count). The van der Waals surface area contributed by atoms with Gasteiger partial charge in [0.2, 0.25) is 5.91 Å². The van der Waals surface area contributed by atoms with E-state index in [2.05, 4.69) is 20.5 Å². The van der Waals surface area contributed by atoms with E-state index in [9.17, 15) is 4.79 Å². The molecule has 0 aliphatic rings. The van der Waals surface area contributed by atoms with Crippen molar-refractivity contribution in [3.05, 3.63) is 72.9 Å². The summed E-state index contributed by atoms with van der Waals surface area (Å²) in [6, 6.07) is 20.9. The monoisotopic (exact) mass is 515 g/mol. The molecule has 0 aliphatic heterocycles. The Morgan fingerprint density at radius 1 is 0.946 bits per heavy atom. The van der Waals surface area contributed by atoms with Crippen LogP contribution in [0, 0.1) is 0 Å². The Morgan fingerprint density at radius 2 is 1.78 bits per heavy atom. The van der Waals surface area contributed by atoms with Gasteiger partial charge in [-0.3, -0.25) is 9.36 Å². The van der Waals surface area contributed by atoms with Gasteiger partial charge >= 0.3 is 0 Å². The van der Waals surface area contributed by atoms with Crippen LogP contribution in [0.4, 0.5) is 5.69 Å². The van der Waals surface area contributed by atoms with Crippen molar-refractivity contribution in [3.63, 3.8) is 0 Å². The molecule has 10 heteroatoms. The van der Waals surface area contributed by atoms with E-state index in [-0.39, 0.29) is 11.7 Å². The van der Waals surface area contributed by atoms with Gasteiger partial charge in [0.15, 0.2) is 22.5 Å². The smallest absolute Gasteiger partial charge is 0.234 e. The van der Waals surface area contributed by atoms with E-state index in [1.807, 2.05) is 59.3 Å². The van der Waals surface area contributed by atoms with Gasteiger partial charge in [0, 0.05) is 40.5 Å². The summed E-state index contributed by atoms with van der Waals surface area (Å²) in [7, 11) is 4.74. The number of thioether (sulfide) groups is 1. The van der Waals surface area contributed by atoms with Crippen molar-refractivity contribution in [2.45, 2.75) is 5.16 Å². The first-order valence-electron chi connectivity index (χ1n) is 11.4. The number of anilines is 1. The number of aromatic amines is 1. The summed E-state index contributed by atoms with van der Waals surface area (Å²) in [5, 5.41) is 13.5. The molecule has 0 spiro atoms. The first kappa shape index (κ1) is 24.3. The number of nitrogens with one attached hydrogen (secondary N) is 2. The molecule has 5 aromatic rings. The summed E-state index contributed by atoms with van der Waals surface area (Å²) in [4.78, 5) is 16.1. The molecule has 0 saturated carbocycles. The third kappa shape index (κ3) is 4.96. The van der Waals surface area contributed by atoms with E-state index < -0.39 is 0 Å². The Balaban J connectivity index is 1.44. The Hall–Kier alpha value is -4.44. The van der Waals surface area contributed by atoms with Crippen LogP contribution in [0.2, 0.25) is 0 Å². The lowest BCUT2D eigenvalue weighted by atomic mass is 10.1. The number of hydrogen-bond donors (Lipinski definition) is 2. The fourth-order valence-electron chi connectivity index (χ4n) is 4.02. The zero-order valence-electron chi connectivity index (χ0n) is 20.5. The van der Waals surface area contributed by atoms with E-state index in [0.717, 1.165) is 22.2 Å². The van der Waals surface area contributed by atoms with E-state index in [0.29, 0.717) is 33.9 Å². The molecule has 9 nitrogen and oxygen atoms in total. The maximum absolute atomic E-state index is 12.8. The largest absolute Gasteiger partial charge is 0.497 e. The van der Waals surface area contributed by atoms with Gasteiger partial charge in [-0.1, -0.05) is 36.0 Å². The summed E-state index contributed by atoms with van der Waals surface area (Å²) < 4.78 is 18.0. The molecule has 1 amide bonds. The highest BCUT2D eigenvalue weighted by Gasteiger charge is 2.20. The van der Waals surface area contributed by atoms with Crippen LogP contribution in [-0.2, 0) is 4.79 Å². The van der Waals surface area contributed by atoms with Gasteiger partial charge in [0.05, 0.1) is 32.8 Å². The second kappa shape index (κ2) is 10.7. The number of benzene rings is 3. The van der Waals surface area contributed by atoms with Crippen LogP contribution in [0.5, 0.6) is 17.2 Å². The zero-order valence-corrected chi connectivity index (χ0v) is 21.3. The van der Waals surface area contributed by atoms with Crippen LogP contribution < -0.4 is 19.5 Å². The van der Waals surface area contributed by atoms with Crippen LogP contribution >= 0.6 is 11.8 Å². The number of ether oxygens (including phenoxy) is 3. The minimum atomic E-state index is -0.189. The van der Waals surface area contributed by atoms with Gasteiger partial charge < -0.3 is 24.5 Å². The van der Waals surface area contributed by atoms with Crippen LogP contribution in [0.25, 0.3) is 28.0 Å². The number of carbonyl (C=O) groups is 1. The lowest BCUT2D eigenvalue weighted by Crippen LogP contribution is -2.14. The van der Waals surface area contributed by atoms with E-state index >= 15 is 0 Å². The lowest BCUT2D eigenvalue weighted by Gasteiger charge is -2.12. The first-order valence-corrected chi connectivity index (χ1v) is 12.4. The number of fused-ring (bicyclic) bond motifs is 1.